The first-order chi connectivity index (χ1) is 10.9. The molecule has 1 aromatic rings. The highest BCUT2D eigenvalue weighted by molar-refractivity contribution is 8.18. The number of carbonyl (C=O) groups excluding carboxylic acids is 2. The standard InChI is InChI=1S/C14H14N2O6S/c1-3-15-13(18)11(23-14(15)19)6-8-5-9(16(20)21)7-10(12(8)17)22-4-2/h5-7,17H,3-4H2,1-2H3/b11-6+. The fraction of sp³-hybridized carbons (Fsp3) is 0.286. The van der Waals surface area contributed by atoms with Crippen LogP contribution in [0.5, 0.6) is 11.5 Å². The monoisotopic (exact) mass is 338 g/mol. The first-order valence-corrected chi connectivity index (χ1v) is 7.60. The summed E-state index contributed by atoms with van der Waals surface area (Å²) in [5.41, 5.74) is -0.239. The zero-order valence-corrected chi connectivity index (χ0v) is 13.3. The van der Waals surface area contributed by atoms with Crippen LogP contribution in [-0.2, 0) is 4.79 Å². The molecule has 23 heavy (non-hydrogen) atoms. The Hall–Kier alpha value is -2.55. The quantitative estimate of drug-likeness (QED) is 0.499. The van der Waals surface area contributed by atoms with Crippen molar-refractivity contribution in [2.45, 2.75) is 13.8 Å². The van der Waals surface area contributed by atoms with Crippen molar-refractivity contribution in [1.82, 2.24) is 4.90 Å². The number of likely N-dealkylation sites (N-methyl/N-ethyl adjacent to an activating group) is 1. The first kappa shape index (κ1) is 16.8. The Labute approximate surface area is 135 Å². The molecule has 1 heterocycles. The highest BCUT2D eigenvalue weighted by atomic mass is 32.2. The minimum Gasteiger partial charge on any atom is -0.504 e. The number of carbonyl (C=O) groups is 2. The Morgan fingerprint density at radius 2 is 2.09 bits per heavy atom. The summed E-state index contributed by atoms with van der Waals surface area (Å²) in [6.07, 6.45) is 1.26. The Morgan fingerprint density at radius 3 is 2.61 bits per heavy atom. The van der Waals surface area contributed by atoms with Crippen molar-refractivity contribution < 1.29 is 24.4 Å². The molecule has 0 spiro atoms. The SMILES string of the molecule is CCOc1cc([N+](=O)[O-])cc(/C=C2/SC(=O)N(CC)C2=O)c1O. The van der Waals surface area contributed by atoms with Gasteiger partial charge in [0.15, 0.2) is 11.5 Å². The van der Waals surface area contributed by atoms with Gasteiger partial charge in [0.25, 0.3) is 16.8 Å². The van der Waals surface area contributed by atoms with Crippen LogP contribution < -0.4 is 4.74 Å². The van der Waals surface area contributed by atoms with Crippen molar-refractivity contribution in [2.75, 3.05) is 13.2 Å². The van der Waals surface area contributed by atoms with Gasteiger partial charge in [-0.2, -0.15) is 0 Å². The molecular formula is C14H14N2O6S. The fourth-order valence-electron chi connectivity index (χ4n) is 2.01. The second kappa shape index (κ2) is 6.69. The number of hydrogen-bond donors (Lipinski definition) is 1. The highest BCUT2D eigenvalue weighted by Gasteiger charge is 2.34. The maximum absolute atomic E-state index is 12.1. The van der Waals surface area contributed by atoms with Crippen molar-refractivity contribution >= 4 is 34.7 Å². The lowest BCUT2D eigenvalue weighted by atomic mass is 10.1. The molecule has 1 aromatic carbocycles. The molecule has 8 nitrogen and oxygen atoms in total. The van der Waals surface area contributed by atoms with Crippen molar-refractivity contribution in [3.63, 3.8) is 0 Å². The fourth-order valence-corrected chi connectivity index (χ4v) is 2.90. The number of nitro benzene ring substituents is 1. The summed E-state index contributed by atoms with van der Waals surface area (Å²) in [7, 11) is 0. The number of imide groups is 1. The van der Waals surface area contributed by atoms with Crippen LogP contribution in [0.3, 0.4) is 0 Å². The number of amides is 2. The van der Waals surface area contributed by atoms with Crippen LogP contribution in [0.2, 0.25) is 0 Å². The summed E-state index contributed by atoms with van der Waals surface area (Å²) in [5.74, 6) is -0.866. The van der Waals surface area contributed by atoms with E-state index < -0.39 is 16.1 Å². The van der Waals surface area contributed by atoms with Gasteiger partial charge in [0.2, 0.25) is 0 Å². The van der Waals surface area contributed by atoms with Crippen LogP contribution in [0.25, 0.3) is 6.08 Å². The number of hydrogen-bond acceptors (Lipinski definition) is 7. The van der Waals surface area contributed by atoms with E-state index in [0.717, 1.165) is 28.8 Å². The molecule has 0 saturated carbocycles. The number of nitrogens with zero attached hydrogens (tertiary/aromatic N) is 2. The van der Waals surface area contributed by atoms with Gasteiger partial charge in [0.1, 0.15) is 0 Å². The maximum Gasteiger partial charge on any atom is 0.293 e. The van der Waals surface area contributed by atoms with Gasteiger partial charge in [-0.3, -0.25) is 24.6 Å². The van der Waals surface area contributed by atoms with Crippen LogP contribution in [0.1, 0.15) is 19.4 Å². The molecule has 0 radical (unpaired) electrons. The number of rotatable bonds is 5. The number of thioether (sulfide) groups is 1. The molecule has 0 aromatic heterocycles. The zero-order valence-electron chi connectivity index (χ0n) is 12.4. The molecular weight excluding hydrogens is 324 g/mol. The van der Waals surface area contributed by atoms with E-state index in [9.17, 15) is 24.8 Å². The number of aromatic hydroxyl groups is 1. The van der Waals surface area contributed by atoms with E-state index in [1.54, 1.807) is 13.8 Å². The van der Waals surface area contributed by atoms with E-state index in [1.165, 1.54) is 6.08 Å². The smallest absolute Gasteiger partial charge is 0.293 e. The maximum atomic E-state index is 12.1. The molecule has 1 aliphatic heterocycles. The Bertz CT molecular complexity index is 715. The van der Waals surface area contributed by atoms with Gasteiger partial charge in [-0.1, -0.05) is 0 Å². The minimum atomic E-state index is -0.628. The number of non-ortho nitro benzene ring substituents is 1. The summed E-state index contributed by atoms with van der Waals surface area (Å²) >= 11 is 0.720. The van der Waals surface area contributed by atoms with Crippen LogP contribution >= 0.6 is 11.8 Å². The van der Waals surface area contributed by atoms with Gasteiger partial charge in [-0.25, -0.2) is 0 Å². The molecule has 0 atom stereocenters. The van der Waals surface area contributed by atoms with E-state index in [0.29, 0.717) is 0 Å². The summed E-state index contributed by atoms with van der Waals surface area (Å²) in [4.78, 5) is 35.2. The zero-order chi connectivity index (χ0) is 17.1. The second-order valence-electron chi connectivity index (χ2n) is 4.50. The van der Waals surface area contributed by atoms with Gasteiger partial charge < -0.3 is 9.84 Å². The highest BCUT2D eigenvalue weighted by Crippen LogP contribution is 2.39. The molecule has 9 heteroatoms. The average molecular weight is 338 g/mol. The number of phenols is 1. The Balaban J connectivity index is 2.51. The molecule has 0 unspecified atom stereocenters. The number of ether oxygens (including phenoxy) is 1. The molecule has 2 rings (SSSR count). The van der Waals surface area contributed by atoms with Gasteiger partial charge in [-0.05, 0) is 31.7 Å². The molecule has 1 fully saturated rings. The molecule has 1 aliphatic rings. The first-order valence-electron chi connectivity index (χ1n) is 6.78. The molecule has 1 N–H and O–H groups in total. The van der Waals surface area contributed by atoms with Crippen molar-refractivity contribution in [3.05, 3.63) is 32.7 Å². The summed E-state index contributed by atoms with van der Waals surface area (Å²) in [6.45, 7) is 3.77. The van der Waals surface area contributed by atoms with Gasteiger partial charge in [-0.15, -0.1) is 0 Å². The average Bonchev–Trinajstić information content (AvgIpc) is 2.76. The number of benzene rings is 1. The van der Waals surface area contributed by atoms with E-state index in [-0.39, 0.29) is 40.8 Å². The minimum absolute atomic E-state index is 0.0456. The second-order valence-corrected chi connectivity index (χ2v) is 5.49. The molecule has 0 bridgehead atoms. The number of nitro groups is 1. The van der Waals surface area contributed by atoms with E-state index in [4.69, 9.17) is 4.74 Å². The third-order valence-corrected chi connectivity index (χ3v) is 3.98. The van der Waals surface area contributed by atoms with Crippen LogP contribution in [-0.4, -0.2) is 39.2 Å². The summed E-state index contributed by atoms with van der Waals surface area (Å²) < 4.78 is 5.17. The third-order valence-electron chi connectivity index (χ3n) is 3.08. The topological polar surface area (TPSA) is 110 Å². The Morgan fingerprint density at radius 1 is 1.39 bits per heavy atom. The van der Waals surface area contributed by atoms with Gasteiger partial charge >= 0.3 is 0 Å². The van der Waals surface area contributed by atoms with Crippen molar-refractivity contribution in [1.29, 1.82) is 0 Å². The lowest BCUT2D eigenvalue weighted by molar-refractivity contribution is -0.385. The molecule has 0 aliphatic carbocycles. The largest absolute Gasteiger partial charge is 0.504 e. The van der Waals surface area contributed by atoms with E-state index in [2.05, 4.69) is 0 Å². The van der Waals surface area contributed by atoms with Gasteiger partial charge in [0.05, 0.1) is 22.5 Å². The normalized spacial score (nSPS) is 16.3. The van der Waals surface area contributed by atoms with Gasteiger partial charge in [0, 0.05) is 18.2 Å². The predicted molar refractivity (Wildman–Crippen MR) is 84.3 cm³/mol. The summed E-state index contributed by atoms with van der Waals surface area (Å²) in [5, 5.41) is 20.7. The van der Waals surface area contributed by atoms with Crippen LogP contribution in [0.15, 0.2) is 17.0 Å². The Kier molecular flexibility index (Phi) is 4.89. The van der Waals surface area contributed by atoms with Crippen molar-refractivity contribution in [2.24, 2.45) is 0 Å². The predicted octanol–water partition coefficient (Wildman–Crippen LogP) is 2.76. The summed E-state index contributed by atoms with van der Waals surface area (Å²) in [6, 6.07) is 2.23. The third kappa shape index (κ3) is 3.29. The molecule has 2 amide bonds. The van der Waals surface area contributed by atoms with Crippen LogP contribution in [0, 0.1) is 10.1 Å². The lowest BCUT2D eigenvalue weighted by Crippen LogP contribution is -2.27. The van der Waals surface area contributed by atoms with E-state index >= 15 is 0 Å². The lowest BCUT2D eigenvalue weighted by Gasteiger charge is -2.09. The molecule has 1 saturated heterocycles. The number of phenolic OH excluding ortho intramolecular Hbond substituents is 1. The van der Waals surface area contributed by atoms with Crippen LogP contribution in [0.4, 0.5) is 10.5 Å². The van der Waals surface area contributed by atoms with Crippen molar-refractivity contribution in [3.8, 4) is 11.5 Å². The van der Waals surface area contributed by atoms with E-state index in [1.807, 2.05) is 0 Å². The molecule has 122 valence electrons.